The Bertz CT molecular complexity index is 76.8. The summed E-state index contributed by atoms with van der Waals surface area (Å²) in [6.45, 7) is 5.76. The first-order valence-electron chi connectivity index (χ1n) is 4.43. The Kier molecular flexibility index (Phi) is 3.81. The molecule has 1 aliphatic carbocycles. The summed E-state index contributed by atoms with van der Waals surface area (Å²) in [5, 5.41) is 3.23. The van der Waals surface area contributed by atoms with Crippen LogP contribution < -0.4 is 5.32 Å². The van der Waals surface area contributed by atoms with Crippen molar-refractivity contribution in [1.82, 2.24) is 5.32 Å². The van der Waals surface area contributed by atoms with Crippen LogP contribution in [0.15, 0.2) is 0 Å². The van der Waals surface area contributed by atoms with Crippen molar-refractivity contribution in [3.63, 3.8) is 0 Å². The molecule has 1 saturated carbocycles. The molecule has 1 heteroatoms. The van der Waals surface area contributed by atoms with E-state index in [-0.39, 0.29) is 0 Å². The number of hydrogen-bond donors (Lipinski definition) is 1. The number of hydrogen-bond acceptors (Lipinski definition) is 1. The molecular formula is C9H18N. The molecule has 0 unspecified atom stereocenters. The Labute approximate surface area is 64.2 Å². The zero-order chi connectivity index (χ0) is 7.23. The first kappa shape index (κ1) is 8.06. The van der Waals surface area contributed by atoms with Crippen molar-refractivity contribution >= 4 is 0 Å². The van der Waals surface area contributed by atoms with E-state index in [9.17, 15) is 0 Å². The zero-order valence-corrected chi connectivity index (χ0v) is 6.73. The van der Waals surface area contributed by atoms with Crippen molar-refractivity contribution < 1.29 is 0 Å². The van der Waals surface area contributed by atoms with Gasteiger partial charge in [-0.3, -0.25) is 0 Å². The van der Waals surface area contributed by atoms with Crippen LogP contribution in [0.4, 0.5) is 0 Å². The average molecular weight is 140 g/mol. The van der Waals surface area contributed by atoms with Crippen LogP contribution in [0.2, 0.25) is 0 Å². The lowest BCUT2D eigenvalue weighted by atomic mass is 10.2. The topological polar surface area (TPSA) is 12.0 Å². The second-order valence-corrected chi connectivity index (χ2v) is 3.19. The molecule has 0 heterocycles. The van der Waals surface area contributed by atoms with E-state index in [0.717, 1.165) is 19.0 Å². The summed E-state index contributed by atoms with van der Waals surface area (Å²) in [5.41, 5.74) is 0. The Morgan fingerprint density at radius 1 is 1.30 bits per heavy atom. The van der Waals surface area contributed by atoms with E-state index in [4.69, 9.17) is 0 Å². The Morgan fingerprint density at radius 2 is 2.10 bits per heavy atom. The molecule has 0 aromatic rings. The molecule has 0 spiro atoms. The van der Waals surface area contributed by atoms with Crippen molar-refractivity contribution in [2.75, 3.05) is 13.1 Å². The second kappa shape index (κ2) is 4.73. The molecule has 0 aromatic carbocycles. The van der Waals surface area contributed by atoms with Gasteiger partial charge in [0, 0.05) is 0 Å². The predicted octanol–water partition coefficient (Wildman–Crippen LogP) is 1.99. The van der Waals surface area contributed by atoms with Gasteiger partial charge in [0.25, 0.3) is 0 Å². The van der Waals surface area contributed by atoms with E-state index in [1.165, 1.54) is 32.1 Å². The molecule has 0 bridgehead atoms. The fourth-order valence-corrected chi connectivity index (χ4v) is 1.21. The summed E-state index contributed by atoms with van der Waals surface area (Å²) in [5.74, 6) is 1.11. The van der Waals surface area contributed by atoms with Crippen molar-refractivity contribution in [2.45, 2.75) is 32.1 Å². The fourth-order valence-electron chi connectivity index (χ4n) is 1.21. The van der Waals surface area contributed by atoms with Crippen molar-refractivity contribution in [3.05, 3.63) is 6.92 Å². The van der Waals surface area contributed by atoms with Crippen LogP contribution in [0.3, 0.4) is 0 Å². The molecule has 0 aliphatic heterocycles. The van der Waals surface area contributed by atoms with Gasteiger partial charge in [-0.1, -0.05) is 25.7 Å². The van der Waals surface area contributed by atoms with Crippen molar-refractivity contribution in [2.24, 2.45) is 5.92 Å². The standard InChI is InChI=1S/C9H18N/c1-2-10-8-4-3-5-9-6-7-9/h9-10H,1-8H2. The number of rotatable bonds is 6. The number of unbranched alkanes of at least 4 members (excludes halogenated alkanes) is 1. The third kappa shape index (κ3) is 3.89. The molecule has 1 aliphatic rings. The van der Waals surface area contributed by atoms with Gasteiger partial charge in [0.15, 0.2) is 0 Å². The lowest BCUT2D eigenvalue weighted by molar-refractivity contribution is 0.596. The minimum Gasteiger partial charge on any atom is -0.317 e. The van der Waals surface area contributed by atoms with Crippen molar-refractivity contribution in [3.8, 4) is 0 Å². The van der Waals surface area contributed by atoms with E-state index < -0.39 is 0 Å². The van der Waals surface area contributed by atoms with Gasteiger partial charge in [-0.25, -0.2) is 0 Å². The van der Waals surface area contributed by atoms with E-state index >= 15 is 0 Å². The molecule has 0 aromatic heterocycles. The molecule has 0 amide bonds. The van der Waals surface area contributed by atoms with Gasteiger partial charge in [-0.2, -0.15) is 0 Å². The summed E-state index contributed by atoms with van der Waals surface area (Å²) < 4.78 is 0. The summed E-state index contributed by atoms with van der Waals surface area (Å²) >= 11 is 0. The highest BCUT2D eigenvalue weighted by atomic mass is 14.8. The van der Waals surface area contributed by atoms with E-state index in [2.05, 4.69) is 12.2 Å². The average Bonchev–Trinajstić information content (AvgIpc) is 2.71. The molecule has 0 atom stereocenters. The minimum absolute atomic E-state index is 0.878. The van der Waals surface area contributed by atoms with E-state index in [1.807, 2.05) is 0 Å². The summed E-state index contributed by atoms with van der Waals surface area (Å²) in [4.78, 5) is 0. The van der Waals surface area contributed by atoms with Crippen molar-refractivity contribution in [1.29, 1.82) is 0 Å². The maximum Gasteiger partial charge on any atom is -0.00484 e. The van der Waals surface area contributed by atoms with Gasteiger partial charge < -0.3 is 5.32 Å². The highest BCUT2D eigenvalue weighted by Crippen LogP contribution is 2.33. The van der Waals surface area contributed by atoms with E-state index in [0.29, 0.717) is 0 Å². The van der Waals surface area contributed by atoms with Crippen LogP contribution in [0.1, 0.15) is 32.1 Å². The molecule has 0 saturated heterocycles. The van der Waals surface area contributed by atoms with Gasteiger partial charge in [0.1, 0.15) is 0 Å². The molecule has 1 fully saturated rings. The summed E-state index contributed by atoms with van der Waals surface area (Å²) in [7, 11) is 0. The zero-order valence-electron chi connectivity index (χ0n) is 6.73. The summed E-state index contributed by atoms with van der Waals surface area (Å²) in [6, 6.07) is 0. The maximum atomic E-state index is 3.72. The van der Waals surface area contributed by atoms with Gasteiger partial charge in [-0.05, 0) is 32.4 Å². The maximum absolute atomic E-state index is 3.72. The Morgan fingerprint density at radius 3 is 2.70 bits per heavy atom. The lowest BCUT2D eigenvalue weighted by Gasteiger charge is -1.99. The summed E-state index contributed by atoms with van der Waals surface area (Å²) in [6.07, 6.45) is 7.23. The number of nitrogens with one attached hydrogen (secondary N) is 1. The Balaban J connectivity index is 1.68. The van der Waals surface area contributed by atoms with E-state index in [1.54, 1.807) is 0 Å². The smallest absolute Gasteiger partial charge is 0.00484 e. The first-order chi connectivity index (χ1) is 4.93. The third-order valence-corrected chi connectivity index (χ3v) is 2.09. The molecule has 1 rings (SSSR count). The van der Waals surface area contributed by atoms with Gasteiger partial charge in [0.05, 0.1) is 0 Å². The molecule has 1 N–H and O–H groups in total. The second-order valence-electron chi connectivity index (χ2n) is 3.19. The highest BCUT2D eigenvalue weighted by molar-refractivity contribution is 4.72. The first-order valence-corrected chi connectivity index (χ1v) is 4.43. The third-order valence-electron chi connectivity index (χ3n) is 2.09. The molecule has 10 heavy (non-hydrogen) atoms. The molecule has 1 nitrogen and oxygen atoms in total. The Hall–Kier alpha value is -0.0400. The van der Waals surface area contributed by atoms with Crippen LogP contribution >= 0.6 is 0 Å². The molecular weight excluding hydrogens is 122 g/mol. The quantitative estimate of drug-likeness (QED) is 0.556. The van der Waals surface area contributed by atoms with Gasteiger partial charge in [0.2, 0.25) is 0 Å². The predicted molar refractivity (Wildman–Crippen MR) is 44.8 cm³/mol. The monoisotopic (exact) mass is 140 g/mol. The highest BCUT2D eigenvalue weighted by Gasteiger charge is 2.19. The van der Waals surface area contributed by atoms with Crippen LogP contribution in [0, 0.1) is 12.8 Å². The van der Waals surface area contributed by atoms with Crippen LogP contribution in [0.5, 0.6) is 0 Å². The molecule has 1 radical (unpaired) electrons. The fraction of sp³-hybridized carbons (Fsp3) is 0.889. The van der Waals surface area contributed by atoms with Crippen LogP contribution in [-0.4, -0.2) is 13.1 Å². The molecule has 59 valence electrons. The lowest BCUT2D eigenvalue weighted by Crippen LogP contribution is -2.13. The SMILES string of the molecule is [CH2]CNCCCCC1CC1. The largest absolute Gasteiger partial charge is 0.317 e. The van der Waals surface area contributed by atoms with Crippen LogP contribution in [-0.2, 0) is 0 Å². The van der Waals surface area contributed by atoms with Gasteiger partial charge >= 0.3 is 0 Å². The van der Waals surface area contributed by atoms with Crippen LogP contribution in [0.25, 0.3) is 0 Å². The normalized spacial score (nSPS) is 17.7. The minimum atomic E-state index is 0.878. The van der Waals surface area contributed by atoms with Gasteiger partial charge in [-0.15, -0.1) is 0 Å².